The Bertz CT molecular complexity index is 380. The lowest BCUT2D eigenvalue weighted by atomic mass is 10.3. The van der Waals surface area contributed by atoms with E-state index >= 15 is 0 Å². The Morgan fingerprint density at radius 1 is 1.22 bits per heavy atom. The molecule has 106 valence electrons. The zero-order valence-electron chi connectivity index (χ0n) is 10.5. The van der Waals surface area contributed by atoms with Gasteiger partial charge in [0.2, 0.25) is 10.0 Å². The van der Waals surface area contributed by atoms with E-state index in [9.17, 15) is 18.0 Å². The SMILES string of the molecule is CN(C)C(=O)NCCNS(=O)(=O)CCCC(=O)O. The largest absolute Gasteiger partial charge is 0.481 e. The molecule has 0 aromatic rings. The average molecular weight is 281 g/mol. The standard InChI is InChI=1S/C9H19N3O5S/c1-12(2)9(15)10-5-6-11-18(16,17)7-3-4-8(13)14/h11H,3-7H2,1-2H3,(H,10,15)(H,13,14). The molecule has 0 atom stereocenters. The van der Waals surface area contributed by atoms with Gasteiger partial charge >= 0.3 is 12.0 Å². The highest BCUT2D eigenvalue weighted by atomic mass is 32.2. The molecule has 0 unspecified atom stereocenters. The zero-order chi connectivity index (χ0) is 14.2. The number of rotatable bonds is 8. The summed E-state index contributed by atoms with van der Waals surface area (Å²) >= 11 is 0. The summed E-state index contributed by atoms with van der Waals surface area (Å²) in [5.74, 6) is -1.26. The number of aliphatic carboxylic acids is 1. The van der Waals surface area contributed by atoms with Crippen molar-refractivity contribution in [3.8, 4) is 0 Å². The van der Waals surface area contributed by atoms with Gasteiger partial charge in [-0.05, 0) is 6.42 Å². The van der Waals surface area contributed by atoms with Crippen molar-refractivity contribution in [1.82, 2.24) is 14.9 Å². The normalized spacial score (nSPS) is 11.0. The van der Waals surface area contributed by atoms with Crippen LogP contribution in [0.25, 0.3) is 0 Å². The van der Waals surface area contributed by atoms with Gasteiger partial charge in [-0.25, -0.2) is 17.9 Å². The molecule has 0 spiro atoms. The Morgan fingerprint density at radius 3 is 2.33 bits per heavy atom. The van der Waals surface area contributed by atoms with Crippen LogP contribution in [0.15, 0.2) is 0 Å². The minimum absolute atomic E-state index is 0.0642. The van der Waals surface area contributed by atoms with Crippen molar-refractivity contribution >= 4 is 22.0 Å². The van der Waals surface area contributed by atoms with Gasteiger partial charge in [0.05, 0.1) is 5.75 Å². The molecule has 0 radical (unpaired) electrons. The first-order chi connectivity index (χ1) is 8.24. The molecule has 0 heterocycles. The number of carbonyl (C=O) groups excluding carboxylic acids is 1. The summed E-state index contributed by atoms with van der Waals surface area (Å²) in [5.41, 5.74) is 0. The van der Waals surface area contributed by atoms with Gasteiger partial charge in [0.25, 0.3) is 0 Å². The minimum Gasteiger partial charge on any atom is -0.481 e. The Hall–Kier alpha value is -1.35. The van der Waals surface area contributed by atoms with Gasteiger partial charge in [-0.3, -0.25) is 4.79 Å². The molecule has 0 aliphatic carbocycles. The molecule has 0 fully saturated rings. The van der Waals surface area contributed by atoms with E-state index in [0.717, 1.165) is 0 Å². The van der Waals surface area contributed by atoms with Crippen LogP contribution in [0.3, 0.4) is 0 Å². The summed E-state index contributed by atoms with van der Waals surface area (Å²) in [6.45, 7) is 0.254. The van der Waals surface area contributed by atoms with Gasteiger partial charge in [0, 0.05) is 33.6 Å². The zero-order valence-corrected chi connectivity index (χ0v) is 11.3. The maximum absolute atomic E-state index is 11.4. The lowest BCUT2D eigenvalue weighted by Gasteiger charge is -2.12. The van der Waals surface area contributed by atoms with Crippen molar-refractivity contribution in [2.75, 3.05) is 32.9 Å². The summed E-state index contributed by atoms with van der Waals surface area (Å²) in [6, 6.07) is -0.305. The molecule has 3 N–H and O–H groups in total. The Balaban J connectivity index is 3.77. The predicted molar refractivity (Wildman–Crippen MR) is 65.7 cm³/mol. The molecule has 9 heteroatoms. The number of amides is 2. The van der Waals surface area contributed by atoms with Gasteiger partial charge in [-0.2, -0.15) is 0 Å². The van der Waals surface area contributed by atoms with Crippen LogP contribution in [0, 0.1) is 0 Å². The first-order valence-corrected chi connectivity index (χ1v) is 7.04. The van der Waals surface area contributed by atoms with Gasteiger partial charge in [-0.1, -0.05) is 0 Å². The first-order valence-electron chi connectivity index (χ1n) is 5.39. The summed E-state index contributed by atoms with van der Waals surface area (Å²) < 4.78 is 25.0. The maximum Gasteiger partial charge on any atom is 0.316 e. The number of nitrogens with zero attached hydrogens (tertiary/aromatic N) is 1. The number of carboxylic acid groups (broad SMARTS) is 1. The Labute approximate surface area is 106 Å². The molecular weight excluding hydrogens is 262 g/mol. The van der Waals surface area contributed by atoms with Crippen LogP contribution in [-0.2, 0) is 14.8 Å². The third kappa shape index (κ3) is 8.76. The first kappa shape index (κ1) is 16.6. The van der Waals surface area contributed by atoms with Crippen molar-refractivity contribution in [2.24, 2.45) is 0 Å². The minimum atomic E-state index is -3.47. The highest BCUT2D eigenvalue weighted by molar-refractivity contribution is 7.89. The van der Waals surface area contributed by atoms with Crippen molar-refractivity contribution in [3.63, 3.8) is 0 Å². The second kappa shape index (κ2) is 7.88. The molecule has 0 aromatic carbocycles. The van der Waals surface area contributed by atoms with E-state index in [1.807, 2.05) is 0 Å². The van der Waals surface area contributed by atoms with Crippen LogP contribution in [-0.4, -0.2) is 63.4 Å². The third-order valence-corrected chi connectivity index (χ3v) is 3.40. The fraction of sp³-hybridized carbons (Fsp3) is 0.778. The van der Waals surface area contributed by atoms with E-state index in [1.165, 1.54) is 4.90 Å². The van der Waals surface area contributed by atoms with Crippen LogP contribution in [0.1, 0.15) is 12.8 Å². The number of hydrogen-bond donors (Lipinski definition) is 3. The molecule has 8 nitrogen and oxygen atoms in total. The molecule has 0 aromatic heterocycles. The van der Waals surface area contributed by atoms with Gasteiger partial charge in [-0.15, -0.1) is 0 Å². The van der Waals surface area contributed by atoms with Crippen molar-refractivity contribution in [2.45, 2.75) is 12.8 Å². The summed E-state index contributed by atoms with van der Waals surface area (Å²) in [4.78, 5) is 22.6. The Morgan fingerprint density at radius 2 is 1.83 bits per heavy atom. The molecule has 0 saturated carbocycles. The van der Waals surface area contributed by atoms with E-state index in [-0.39, 0.29) is 37.7 Å². The topological polar surface area (TPSA) is 116 Å². The smallest absolute Gasteiger partial charge is 0.316 e. The van der Waals surface area contributed by atoms with E-state index in [1.54, 1.807) is 14.1 Å². The molecule has 0 saturated heterocycles. The van der Waals surface area contributed by atoms with Crippen molar-refractivity contribution < 1.29 is 23.1 Å². The van der Waals surface area contributed by atoms with Gasteiger partial charge < -0.3 is 15.3 Å². The fourth-order valence-corrected chi connectivity index (χ4v) is 2.10. The Kier molecular flexibility index (Phi) is 7.29. The molecule has 0 aliphatic rings. The lowest BCUT2D eigenvalue weighted by Crippen LogP contribution is -2.40. The van der Waals surface area contributed by atoms with E-state index < -0.39 is 16.0 Å². The quantitative estimate of drug-likeness (QED) is 0.496. The van der Waals surface area contributed by atoms with E-state index in [2.05, 4.69) is 10.0 Å². The molecule has 18 heavy (non-hydrogen) atoms. The summed E-state index contributed by atoms with van der Waals surface area (Å²) in [7, 11) is -0.324. The van der Waals surface area contributed by atoms with Crippen molar-refractivity contribution in [3.05, 3.63) is 0 Å². The molecule has 0 bridgehead atoms. The van der Waals surface area contributed by atoms with E-state index in [0.29, 0.717) is 0 Å². The van der Waals surface area contributed by atoms with Crippen molar-refractivity contribution in [1.29, 1.82) is 0 Å². The third-order valence-electron chi connectivity index (χ3n) is 1.93. The number of nitrogens with one attached hydrogen (secondary N) is 2. The molecular formula is C9H19N3O5S. The highest BCUT2D eigenvalue weighted by Gasteiger charge is 2.10. The van der Waals surface area contributed by atoms with Crippen LogP contribution in [0.2, 0.25) is 0 Å². The van der Waals surface area contributed by atoms with Crippen LogP contribution < -0.4 is 10.0 Å². The average Bonchev–Trinajstić information content (AvgIpc) is 2.23. The second-order valence-electron chi connectivity index (χ2n) is 3.84. The lowest BCUT2D eigenvalue weighted by molar-refractivity contribution is -0.137. The number of carboxylic acids is 1. The van der Waals surface area contributed by atoms with E-state index in [4.69, 9.17) is 5.11 Å². The molecule has 0 aliphatic heterocycles. The fourth-order valence-electron chi connectivity index (χ4n) is 1.02. The molecule has 0 rings (SSSR count). The summed E-state index contributed by atoms with van der Waals surface area (Å²) in [5, 5.41) is 10.9. The number of urea groups is 1. The number of hydrogen-bond acceptors (Lipinski definition) is 4. The monoisotopic (exact) mass is 281 g/mol. The molecule has 2 amide bonds. The van der Waals surface area contributed by atoms with Crippen LogP contribution in [0.5, 0.6) is 0 Å². The van der Waals surface area contributed by atoms with Gasteiger partial charge in [0.15, 0.2) is 0 Å². The number of sulfonamides is 1. The summed E-state index contributed by atoms with van der Waals surface area (Å²) in [6.07, 6.45) is -0.118. The second-order valence-corrected chi connectivity index (χ2v) is 5.76. The highest BCUT2D eigenvalue weighted by Crippen LogP contribution is 1.94. The predicted octanol–water partition coefficient (Wildman–Crippen LogP) is -0.958. The van der Waals surface area contributed by atoms with Gasteiger partial charge in [0.1, 0.15) is 0 Å². The van der Waals surface area contributed by atoms with Crippen LogP contribution in [0.4, 0.5) is 4.79 Å². The maximum atomic E-state index is 11.4. The number of carbonyl (C=O) groups is 2. The van der Waals surface area contributed by atoms with Crippen LogP contribution >= 0.6 is 0 Å².